The predicted octanol–water partition coefficient (Wildman–Crippen LogP) is -0.573. The van der Waals surface area contributed by atoms with E-state index in [-0.39, 0.29) is 51.4 Å². The van der Waals surface area contributed by atoms with Crippen LogP contribution in [-0.4, -0.2) is 97.4 Å². The Balaban J connectivity index is 1.91. The van der Waals surface area contributed by atoms with Crippen molar-refractivity contribution in [3.05, 3.63) is 35.9 Å². The molecule has 1 aromatic rings. The van der Waals surface area contributed by atoms with Crippen molar-refractivity contribution >= 4 is 35.5 Å². The summed E-state index contributed by atoms with van der Waals surface area (Å²) in [7, 11) is 0. The third-order valence-corrected chi connectivity index (χ3v) is 6.90. The van der Waals surface area contributed by atoms with E-state index in [2.05, 4.69) is 26.1 Å². The second-order valence-electron chi connectivity index (χ2n) is 11.1. The van der Waals surface area contributed by atoms with E-state index < -0.39 is 66.4 Å². The zero-order valence-corrected chi connectivity index (χ0v) is 25.8. The summed E-state index contributed by atoms with van der Waals surface area (Å²) in [6, 6.07) is 6.15. The monoisotopic (exact) mass is 657 g/mol. The van der Waals surface area contributed by atoms with Crippen LogP contribution in [0.15, 0.2) is 30.3 Å². The van der Waals surface area contributed by atoms with Crippen LogP contribution >= 0.6 is 0 Å². The van der Waals surface area contributed by atoms with Gasteiger partial charge >= 0.3 is 12.1 Å². The smallest absolute Gasteiger partial charge is 0.364 e. The van der Waals surface area contributed by atoms with Crippen molar-refractivity contribution in [3.8, 4) is 0 Å². The van der Waals surface area contributed by atoms with Crippen LogP contribution in [0, 0.1) is 5.92 Å². The Kier molecular flexibility index (Phi) is 15.4. The number of hydrogen-bond acceptors (Lipinski definition) is 9. The van der Waals surface area contributed by atoms with Gasteiger partial charge in [-0.15, -0.1) is 0 Å². The predicted molar refractivity (Wildman–Crippen MR) is 158 cm³/mol. The van der Waals surface area contributed by atoms with Crippen LogP contribution in [-0.2, 0) is 40.0 Å². The summed E-state index contributed by atoms with van der Waals surface area (Å²) in [6.45, 7) is 3.11. The van der Waals surface area contributed by atoms with Gasteiger partial charge in [-0.1, -0.05) is 44.2 Å². The molecule has 46 heavy (non-hydrogen) atoms. The second-order valence-corrected chi connectivity index (χ2v) is 11.1. The fourth-order valence-corrected chi connectivity index (χ4v) is 4.68. The van der Waals surface area contributed by atoms with E-state index in [1.54, 1.807) is 24.3 Å². The Hall–Kier alpha value is -4.25. The van der Waals surface area contributed by atoms with Gasteiger partial charge in [-0.05, 0) is 37.2 Å². The fourth-order valence-electron chi connectivity index (χ4n) is 4.68. The molecular formula is C29H42F3N7O7. The number of rotatable bonds is 17. The van der Waals surface area contributed by atoms with Gasteiger partial charge in [-0.3, -0.25) is 24.0 Å². The van der Waals surface area contributed by atoms with Gasteiger partial charge in [0.25, 0.3) is 0 Å². The van der Waals surface area contributed by atoms with Crippen molar-refractivity contribution in [1.29, 1.82) is 0 Å². The summed E-state index contributed by atoms with van der Waals surface area (Å²) in [6.07, 6.45) is -3.68. The first-order chi connectivity index (χ1) is 21.7. The van der Waals surface area contributed by atoms with E-state index in [1.807, 2.05) is 25.4 Å². The molecule has 0 aromatic heterocycles. The number of hydrogen-bond donors (Lipinski definition) is 6. The third kappa shape index (κ3) is 13.0. The van der Waals surface area contributed by atoms with Crippen LogP contribution in [0.5, 0.6) is 0 Å². The Morgan fingerprint density at radius 2 is 1.67 bits per heavy atom. The second kappa shape index (κ2) is 18.7. The number of carbonyl (C=O) groups excluding carboxylic acids is 6. The molecule has 17 heteroatoms. The quantitative estimate of drug-likeness (QED) is 0.0937. The molecule has 1 saturated heterocycles. The van der Waals surface area contributed by atoms with Gasteiger partial charge in [-0.2, -0.15) is 18.7 Å². The van der Waals surface area contributed by atoms with E-state index in [0.717, 1.165) is 5.56 Å². The van der Waals surface area contributed by atoms with E-state index in [0.29, 0.717) is 12.8 Å². The maximum absolute atomic E-state index is 13.2. The standard InChI is InChI=1S/C29H42F3N7O7/c1-18(2)14-20(38-26(43)21(37-23(40)16-33)15-19-8-4-3-5-9-19)25(42)35-17-24(41)39-13-6-10-22(39)27(44)34-11-7-12-36-46-28(45)29(30,31)32/h3-5,8-9,18,20-22,36H,6-7,10-17,33H2,1-2H3,(H,34,44)(H,35,42)(H,37,40)(H,38,43)/t20-,21-,22+/m0/s1. The van der Waals surface area contributed by atoms with E-state index in [9.17, 15) is 41.9 Å². The van der Waals surface area contributed by atoms with Crippen LogP contribution in [0.4, 0.5) is 13.2 Å². The average molecular weight is 658 g/mol. The van der Waals surface area contributed by atoms with Crippen molar-refractivity contribution in [2.24, 2.45) is 11.7 Å². The lowest BCUT2D eigenvalue weighted by atomic mass is 10.0. The van der Waals surface area contributed by atoms with Crippen molar-refractivity contribution in [1.82, 2.24) is 31.6 Å². The Morgan fingerprint density at radius 3 is 2.30 bits per heavy atom. The molecule has 1 aliphatic heterocycles. The minimum absolute atomic E-state index is 0.0171. The third-order valence-electron chi connectivity index (χ3n) is 6.90. The van der Waals surface area contributed by atoms with Gasteiger partial charge in [0, 0.05) is 26.1 Å². The number of hydroxylamine groups is 1. The lowest BCUT2D eigenvalue weighted by molar-refractivity contribution is -0.206. The summed E-state index contributed by atoms with van der Waals surface area (Å²) >= 11 is 0. The molecule has 7 N–H and O–H groups in total. The number of carbonyl (C=O) groups is 6. The number of nitrogens with one attached hydrogen (secondary N) is 5. The van der Waals surface area contributed by atoms with Crippen molar-refractivity contribution in [3.63, 3.8) is 0 Å². The lowest BCUT2D eigenvalue weighted by Gasteiger charge is -2.26. The number of alkyl halides is 3. The summed E-state index contributed by atoms with van der Waals surface area (Å²) < 4.78 is 36.4. The molecule has 5 amide bonds. The molecular weight excluding hydrogens is 615 g/mol. The fraction of sp³-hybridized carbons (Fsp3) is 0.586. The molecule has 0 spiro atoms. The van der Waals surface area contributed by atoms with Gasteiger partial charge in [0.2, 0.25) is 29.5 Å². The average Bonchev–Trinajstić information content (AvgIpc) is 3.50. The first-order valence-corrected chi connectivity index (χ1v) is 14.9. The van der Waals surface area contributed by atoms with E-state index in [1.165, 1.54) is 4.90 Å². The molecule has 0 bridgehead atoms. The number of nitrogens with zero attached hydrogens (tertiary/aromatic N) is 1. The Morgan fingerprint density at radius 1 is 0.978 bits per heavy atom. The minimum Gasteiger partial charge on any atom is -0.364 e. The zero-order chi connectivity index (χ0) is 34.3. The topological polar surface area (TPSA) is 201 Å². The SMILES string of the molecule is CC(C)C[C@H](NC(=O)[C@H](Cc1ccccc1)NC(=O)CN)C(=O)NCC(=O)N1CCC[C@@H]1C(=O)NCCCNOC(=O)C(F)(F)F. The molecule has 0 aliphatic carbocycles. The van der Waals surface area contributed by atoms with Crippen LogP contribution in [0.1, 0.15) is 45.1 Å². The molecule has 3 atom stereocenters. The first-order valence-electron chi connectivity index (χ1n) is 14.9. The lowest BCUT2D eigenvalue weighted by Crippen LogP contribution is -2.56. The minimum atomic E-state index is -5.13. The van der Waals surface area contributed by atoms with Crippen molar-refractivity contribution in [2.45, 2.75) is 70.3 Å². The molecule has 0 radical (unpaired) electrons. The van der Waals surface area contributed by atoms with Gasteiger partial charge in [0.15, 0.2) is 0 Å². The maximum Gasteiger partial charge on any atom is 0.492 e. The first kappa shape index (κ1) is 37.9. The highest BCUT2D eigenvalue weighted by molar-refractivity contribution is 5.94. The molecule has 1 aromatic carbocycles. The van der Waals surface area contributed by atoms with Gasteiger partial charge < -0.3 is 36.7 Å². The van der Waals surface area contributed by atoms with Gasteiger partial charge in [-0.25, -0.2) is 4.79 Å². The molecule has 0 unspecified atom stereocenters. The molecule has 14 nitrogen and oxygen atoms in total. The normalized spacial score (nSPS) is 15.9. The van der Waals surface area contributed by atoms with Gasteiger partial charge in [0.1, 0.15) is 18.1 Å². The summed E-state index contributed by atoms with van der Waals surface area (Å²) in [5.41, 5.74) is 8.08. The molecule has 2 rings (SSSR count). The molecule has 1 heterocycles. The van der Waals surface area contributed by atoms with E-state index in [4.69, 9.17) is 5.73 Å². The highest BCUT2D eigenvalue weighted by Crippen LogP contribution is 2.18. The maximum atomic E-state index is 13.2. The van der Waals surface area contributed by atoms with Crippen molar-refractivity contribution < 1.29 is 46.8 Å². The molecule has 1 aliphatic rings. The molecule has 0 saturated carbocycles. The molecule has 1 fully saturated rings. The highest BCUT2D eigenvalue weighted by atomic mass is 19.4. The number of amides is 5. The van der Waals surface area contributed by atoms with Gasteiger partial charge in [0.05, 0.1) is 13.1 Å². The van der Waals surface area contributed by atoms with Crippen LogP contribution in [0.25, 0.3) is 0 Å². The largest absolute Gasteiger partial charge is 0.492 e. The van der Waals surface area contributed by atoms with Crippen LogP contribution in [0.3, 0.4) is 0 Å². The zero-order valence-electron chi connectivity index (χ0n) is 25.8. The summed E-state index contributed by atoms with van der Waals surface area (Å²) in [4.78, 5) is 79.9. The van der Waals surface area contributed by atoms with Crippen LogP contribution < -0.4 is 32.5 Å². The summed E-state index contributed by atoms with van der Waals surface area (Å²) in [5.74, 6) is -5.14. The molecule has 256 valence electrons. The highest BCUT2D eigenvalue weighted by Gasteiger charge is 2.41. The number of halogens is 3. The van der Waals surface area contributed by atoms with E-state index >= 15 is 0 Å². The van der Waals surface area contributed by atoms with Crippen LogP contribution in [0.2, 0.25) is 0 Å². The Bertz CT molecular complexity index is 1200. The number of nitrogens with two attached hydrogens (primary N) is 1. The number of benzene rings is 1. The summed E-state index contributed by atoms with van der Waals surface area (Å²) in [5, 5.41) is 10.4. The number of likely N-dealkylation sites (tertiary alicyclic amines) is 1. The Labute approximate surface area is 264 Å². The van der Waals surface area contributed by atoms with Crippen molar-refractivity contribution in [2.75, 3.05) is 32.7 Å².